The predicted molar refractivity (Wildman–Crippen MR) is 172 cm³/mol. The Morgan fingerprint density at radius 3 is 2.76 bits per heavy atom. The Bertz CT molecular complexity index is 1170. The summed E-state index contributed by atoms with van der Waals surface area (Å²) in [4.78, 5) is 62.9. The van der Waals surface area contributed by atoms with Gasteiger partial charge in [0, 0.05) is 30.4 Å². The lowest BCUT2D eigenvalue weighted by Crippen LogP contribution is -2.53. The number of esters is 1. The number of fused-ring (bicyclic) bond motifs is 4. The molecule has 3 atom stereocenters. The second-order valence-electron chi connectivity index (χ2n) is 11.3. The van der Waals surface area contributed by atoms with Crippen molar-refractivity contribution in [2.24, 2.45) is 10.9 Å². The molecule has 0 aromatic carbocycles. The van der Waals surface area contributed by atoms with Crippen molar-refractivity contribution >= 4 is 62.8 Å². The Hall–Kier alpha value is -2.18. The van der Waals surface area contributed by atoms with Crippen LogP contribution in [-0.2, 0) is 30.5 Å². The number of thiazole rings is 1. The lowest BCUT2D eigenvalue weighted by atomic mass is 10.0. The van der Waals surface area contributed by atoms with Gasteiger partial charge in [-0.1, -0.05) is 64.3 Å². The number of amides is 2. The van der Waals surface area contributed by atoms with E-state index < -0.39 is 23.7 Å². The van der Waals surface area contributed by atoms with Crippen LogP contribution in [0.15, 0.2) is 22.5 Å². The summed E-state index contributed by atoms with van der Waals surface area (Å²) in [5.74, 6) is -0.324. The third-order valence-electron chi connectivity index (χ3n) is 7.13. The minimum absolute atomic E-state index is 0.0418. The molecule has 1 aromatic rings. The Morgan fingerprint density at radius 1 is 1.26 bits per heavy atom. The summed E-state index contributed by atoms with van der Waals surface area (Å²) in [6.07, 6.45) is 9.49. The van der Waals surface area contributed by atoms with E-state index in [2.05, 4.69) is 22.2 Å². The summed E-state index contributed by atoms with van der Waals surface area (Å²) < 4.78 is 5.83. The standard InChI is InChI=1S/C30H44N4O5S3/c1-6-7-8-9-10-14-25(36)40-15-12-11-13-21-16-24(35)34(5)17-23-31-22(18-41-23)27-33-30(4,19-42-27)29(38)32-26(20(2)3)28(37)39-21/h11,13,18,20-21,26H,6-10,12,14-17,19H2,1-5H3,(H,32,38)/t21-,26+,30+/m1/s1. The summed E-state index contributed by atoms with van der Waals surface area (Å²) in [5, 5.41) is 6.38. The molecule has 0 radical (unpaired) electrons. The van der Waals surface area contributed by atoms with Crippen LogP contribution in [0.25, 0.3) is 0 Å². The topological polar surface area (TPSA) is 118 Å². The van der Waals surface area contributed by atoms with Crippen molar-refractivity contribution < 1.29 is 23.9 Å². The molecule has 0 saturated heterocycles. The highest BCUT2D eigenvalue weighted by atomic mass is 32.2. The number of nitrogens with one attached hydrogen (secondary N) is 1. The van der Waals surface area contributed by atoms with Crippen LogP contribution >= 0.6 is 34.9 Å². The Kier molecular flexibility index (Phi) is 13.6. The summed E-state index contributed by atoms with van der Waals surface area (Å²) in [6.45, 7) is 7.92. The number of thioether (sulfide) groups is 2. The largest absolute Gasteiger partial charge is 0.456 e. The molecule has 232 valence electrons. The van der Waals surface area contributed by atoms with Crippen molar-refractivity contribution in [1.82, 2.24) is 15.2 Å². The van der Waals surface area contributed by atoms with Gasteiger partial charge in [-0.3, -0.25) is 19.4 Å². The van der Waals surface area contributed by atoms with Crippen LogP contribution in [0.2, 0.25) is 0 Å². The molecule has 2 amide bonds. The van der Waals surface area contributed by atoms with E-state index in [4.69, 9.17) is 4.74 Å². The number of carbonyl (C=O) groups is 4. The van der Waals surface area contributed by atoms with Gasteiger partial charge in [-0.15, -0.1) is 23.1 Å². The molecule has 2 aliphatic rings. The van der Waals surface area contributed by atoms with Gasteiger partial charge in [0.05, 0.1) is 13.0 Å². The van der Waals surface area contributed by atoms with Crippen molar-refractivity contribution in [1.29, 1.82) is 0 Å². The molecule has 12 heteroatoms. The van der Waals surface area contributed by atoms with Gasteiger partial charge in [-0.25, -0.2) is 9.78 Å². The molecule has 0 aliphatic carbocycles. The average molecular weight is 637 g/mol. The number of allylic oxidation sites excluding steroid dienone is 1. The first kappa shape index (κ1) is 34.3. The molecule has 4 bridgehead atoms. The number of nitrogens with zero attached hydrogens (tertiary/aromatic N) is 3. The first-order valence-electron chi connectivity index (χ1n) is 14.8. The van der Waals surface area contributed by atoms with Gasteiger partial charge in [-0.2, -0.15) is 0 Å². The quantitative estimate of drug-likeness (QED) is 0.196. The van der Waals surface area contributed by atoms with Crippen molar-refractivity contribution in [2.45, 2.75) is 103 Å². The number of aliphatic imine (C=N–C) groups is 1. The maximum Gasteiger partial charge on any atom is 0.329 e. The van der Waals surface area contributed by atoms with E-state index in [0.29, 0.717) is 41.6 Å². The number of hydrogen-bond acceptors (Lipinski definition) is 10. The number of hydrogen-bond donors (Lipinski definition) is 1. The van der Waals surface area contributed by atoms with Crippen LogP contribution in [0.1, 0.15) is 89.8 Å². The van der Waals surface area contributed by atoms with Crippen LogP contribution in [0.3, 0.4) is 0 Å². The third kappa shape index (κ3) is 10.2. The van der Waals surface area contributed by atoms with E-state index in [9.17, 15) is 19.2 Å². The molecule has 1 N–H and O–H groups in total. The molecule has 2 aliphatic heterocycles. The van der Waals surface area contributed by atoms with Crippen molar-refractivity contribution in [3.63, 3.8) is 0 Å². The zero-order chi connectivity index (χ0) is 30.7. The fourth-order valence-corrected chi connectivity index (χ4v) is 7.25. The number of ether oxygens (including phenoxy) is 1. The maximum atomic E-state index is 13.3. The van der Waals surface area contributed by atoms with Gasteiger partial charge in [0.25, 0.3) is 0 Å². The second kappa shape index (κ2) is 16.6. The molecular weight excluding hydrogens is 593 g/mol. The molecular formula is C30H44N4O5S3. The molecule has 9 nitrogen and oxygen atoms in total. The van der Waals surface area contributed by atoms with E-state index in [1.807, 2.05) is 25.3 Å². The van der Waals surface area contributed by atoms with E-state index >= 15 is 0 Å². The average Bonchev–Trinajstić information content (AvgIpc) is 3.57. The van der Waals surface area contributed by atoms with Crippen LogP contribution in [-0.4, -0.2) is 74.1 Å². The van der Waals surface area contributed by atoms with Crippen molar-refractivity contribution in [2.75, 3.05) is 18.6 Å². The molecule has 3 rings (SSSR count). The number of unbranched alkanes of at least 4 members (excludes halogenated alkanes) is 4. The zero-order valence-corrected chi connectivity index (χ0v) is 27.8. The third-order valence-corrected chi connectivity index (χ3v) is 10.2. The Balaban J connectivity index is 1.70. The van der Waals surface area contributed by atoms with Crippen molar-refractivity contribution in [3.8, 4) is 0 Å². The maximum absolute atomic E-state index is 13.3. The molecule has 0 fully saturated rings. The summed E-state index contributed by atoms with van der Waals surface area (Å²) in [6, 6.07) is -0.897. The van der Waals surface area contributed by atoms with Gasteiger partial charge in [-0.05, 0) is 31.8 Å². The first-order valence-corrected chi connectivity index (χ1v) is 17.6. The number of carbonyl (C=O) groups excluding carboxylic acids is 4. The summed E-state index contributed by atoms with van der Waals surface area (Å²) in [7, 11) is 1.70. The highest BCUT2D eigenvalue weighted by Crippen LogP contribution is 2.32. The van der Waals surface area contributed by atoms with Gasteiger partial charge in [0.15, 0.2) is 5.12 Å². The highest BCUT2D eigenvalue weighted by molar-refractivity contribution is 8.14. The summed E-state index contributed by atoms with van der Waals surface area (Å²) >= 11 is 4.21. The summed E-state index contributed by atoms with van der Waals surface area (Å²) in [5.41, 5.74) is -0.344. The normalized spacial score (nSPS) is 23.8. The van der Waals surface area contributed by atoms with Gasteiger partial charge >= 0.3 is 5.97 Å². The fraction of sp³-hybridized carbons (Fsp3) is 0.667. The predicted octanol–water partition coefficient (Wildman–Crippen LogP) is 5.38. The minimum Gasteiger partial charge on any atom is -0.456 e. The first-order chi connectivity index (χ1) is 20.0. The van der Waals surface area contributed by atoms with Gasteiger partial charge in [0.1, 0.15) is 33.4 Å². The molecule has 3 heterocycles. The minimum atomic E-state index is -1.04. The van der Waals surface area contributed by atoms with Crippen molar-refractivity contribution in [3.05, 3.63) is 28.2 Å². The van der Waals surface area contributed by atoms with Crippen LogP contribution in [0.4, 0.5) is 0 Å². The Morgan fingerprint density at radius 2 is 2.02 bits per heavy atom. The van der Waals surface area contributed by atoms with E-state index in [1.165, 1.54) is 54.1 Å². The fourth-order valence-electron chi connectivity index (χ4n) is 4.45. The van der Waals surface area contributed by atoms with E-state index in [1.54, 1.807) is 24.9 Å². The molecule has 42 heavy (non-hydrogen) atoms. The molecule has 0 unspecified atom stereocenters. The lowest BCUT2D eigenvalue weighted by molar-refractivity contribution is -0.154. The number of cyclic esters (lactones) is 1. The van der Waals surface area contributed by atoms with Crippen LogP contribution in [0, 0.1) is 5.92 Å². The molecule has 0 spiro atoms. The zero-order valence-electron chi connectivity index (χ0n) is 25.3. The number of aromatic nitrogens is 1. The Labute approximate surface area is 262 Å². The molecule has 0 saturated carbocycles. The SMILES string of the molecule is CCCCCCCC(=O)SCCC=C[C@@H]1CC(=O)N(C)Cc2nc(cs2)C2=N[C@@](C)(CS2)C(=O)N[C@@H](C(C)C)C(=O)O1. The van der Waals surface area contributed by atoms with E-state index in [-0.39, 0.29) is 29.3 Å². The lowest BCUT2D eigenvalue weighted by Gasteiger charge is -2.27. The van der Waals surface area contributed by atoms with Gasteiger partial charge in [0.2, 0.25) is 11.8 Å². The van der Waals surface area contributed by atoms with Crippen LogP contribution < -0.4 is 5.32 Å². The van der Waals surface area contributed by atoms with E-state index in [0.717, 1.165) is 17.8 Å². The smallest absolute Gasteiger partial charge is 0.329 e. The second-order valence-corrected chi connectivity index (χ2v) is 14.4. The number of rotatable bonds is 11. The highest BCUT2D eigenvalue weighted by Gasteiger charge is 2.41. The van der Waals surface area contributed by atoms with Gasteiger partial charge < -0.3 is 15.0 Å². The molecule has 1 aromatic heterocycles. The van der Waals surface area contributed by atoms with Crippen LogP contribution in [0.5, 0.6) is 0 Å². The monoisotopic (exact) mass is 636 g/mol.